The third-order valence-corrected chi connectivity index (χ3v) is 6.48. The highest BCUT2D eigenvalue weighted by Crippen LogP contribution is 2.23. The van der Waals surface area contributed by atoms with Gasteiger partial charge in [-0.1, -0.05) is 6.92 Å². The molecule has 1 atom stereocenters. The van der Waals surface area contributed by atoms with Gasteiger partial charge in [0.15, 0.2) is 0 Å². The molecule has 2 rings (SSSR count). The van der Waals surface area contributed by atoms with Gasteiger partial charge in [0.1, 0.15) is 4.21 Å². The molecule has 5 nitrogen and oxygen atoms in total. The standard InChI is InChI=1S/C13H20N2O3S2/c1-3-10(2)14-20(17,18)12-8-11(9-19-12)13(16)15-6-4-5-7-15/h8-10,14H,3-7H2,1-2H3/t10-/m0/s1. The quantitative estimate of drug-likeness (QED) is 0.904. The zero-order valence-corrected chi connectivity index (χ0v) is 13.4. The summed E-state index contributed by atoms with van der Waals surface area (Å²) in [5.41, 5.74) is 0.474. The van der Waals surface area contributed by atoms with Gasteiger partial charge in [0.25, 0.3) is 5.91 Å². The van der Waals surface area contributed by atoms with Crippen LogP contribution in [0.2, 0.25) is 0 Å². The number of rotatable bonds is 5. The Morgan fingerprint density at radius 1 is 1.45 bits per heavy atom. The van der Waals surface area contributed by atoms with E-state index >= 15 is 0 Å². The minimum absolute atomic E-state index is 0.0660. The number of hydrogen-bond donors (Lipinski definition) is 1. The Kier molecular flexibility index (Phi) is 4.82. The van der Waals surface area contributed by atoms with Crippen LogP contribution in [0.1, 0.15) is 43.5 Å². The van der Waals surface area contributed by atoms with Crippen molar-refractivity contribution in [1.29, 1.82) is 0 Å². The first-order chi connectivity index (χ1) is 9.44. The summed E-state index contributed by atoms with van der Waals surface area (Å²) in [5, 5.41) is 1.63. The molecule has 1 aliphatic rings. The summed E-state index contributed by atoms with van der Waals surface area (Å²) in [4.78, 5) is 14.0. The average molecular weight is 316 g/mol. The molecule has 0 bridgehead atoms. The lowest BCUT2D eigenvalue weighted by atomic mass is 10.3. The Hall–Kier alpha value is -0.920. The number of carbonyl (C=O) groups excluding carboxylic acids is 1. The van der Waals surface area contributed by atoms with Crippen LogP contribution in [0.3, 0.4) is 0 Å². The second-order valence-corrected chi connectivity index (χ2v) is 7.94. The second kappa shape index (κ2) is 6.24. The summed E-state index contributed by atoms with van der Waals surface area (Å²) < 4.78 is 27.1. The van der Waals surface area contributed by atoms with Gasteiger partial charge >= 0.3 is 0 Å². The molecule has 1 aromatic heterocycles. The van der Waals surface area contributed by atoms with Crippen molar-refractivity contribution < 1.29 is 13.2 Å². The van der Waals surface area contributed by atoms with Crippen LogP contribution >= 0.6 is 11.3 Å². The summed E-state index contributed by atoms with van der Waals surface area (Å²) in [6.07, 6.45) is 2.78. The van der Waals surface area contributed by atoms with E-state index in [0.29, 0.717) is 5.56 Å². The molecular formula is C13H20N2O3S2. The molecule has 1 N–H and O–H groups in total. The van der Waals surface area contributed by atoms with Crippen LogP contribution in [-0.4, -0.2) is 38.4 Å². The lowest BCUT2D eigenvalue weighted by molar-refractivity contribution is 0.0793. The molecule has 1 saturated heterocycles. The maximum Gasteiger partial charge on any atom is 0.254 e. The van der Waals surface area contributed by atoms with Crippen LogP contribution in [0, 0.1) is 0 Å². The number of sulfonamides is 1. The van der Waals surface area contributed by atoms with Crippen molar-refractivity contribution in [3.05, 3.63) is 17.0 Å². The van der Waals surface area contributed by atoms with Crippen LogP contribution < -0.4 is 4.72 Å². The largest absolute Gasteiger partial charge is 0.339 e. The number of nitrogens with zero attached hydrogens (tertiary/aromatic N) is 1. The van der Waals surface area contributed by atoms with Crippen LogP contribution in [-0.2, 0) is 10.0 Å². The first-order valence-electron chi connectivity index (χ1n) is 6.84. The predicted octanol–water partition coefficient (Wildman–Crippen LogP) is 2.06. The molecule has 0 aromatic carbocycles. The minimum atomic E-state index is -3.51. The van der Waals surface area contributed by atoms with E-state index in [-0.39, 0.29) is 16.2 Å². The monoisotopic (exact) mass is 316 g/mol. The highest BCUT2D eigenvalue weighted by molar-refractivity contribution is 7.91. The summed E-state index contributed by atoms with van der Waals surface area (Å²) >= 11 is 1.10. The van der Waals surface area contributed by atoms with E-state index in [1.165, 1.54) is 6.07 Å². The van der Waals surface area contributed by atoms with Crippen molar-refractivity contribution >= 4 is 27.3 Å². The van der Waals surface area contributed by atoms with E-state index in [4.69, 9.17) is 0 Å². The smallest absolute Gasteiger partial charge is 0.254 e. The molecule has 7 heteroatoms. The van der Waals surface area contributed by atoms with Crippen molar-refractivity contribution in [2.24, 2.45) is 0 Å². The van der Waals surface area contributed by atoms with Gasteiger partial charge in [-0.05, 0) is 32.3 Å². The maximum absolute atomic E-state index is 12.2. The molecule has 0 aliphatic carbocycles. The molecular weight excluding hydrogens is 296 g/mol. The molecule has 0 saturated carbocycles. The SMILES string of the molecule is CC[C@H](C)NS(=O)(=O)c1cc(C(=O)N2CCCC2)cs1. The Balaban J connectivity index is 2.14. The van der Waals surface area contributed by atoms with Gasteiger partial charge in [-0.25, -0.2) is 13.1 Å². The van der Waals surface area contributed by atoms with Gasteiger partial charge in [0, 0.05) is 24.5 Å². The Morgan fingerprint density at radius 2 is 2.10 bits per heavy atom. The zero-order chi connectivity index (χ0) is 14.8. The summed E-state index contributed by atoms with van der Waals surface area (Å²) in [7, 11) is -3.51. The van der Waals surface area contributed by atoms with E-state index < -0.39 is 10.0 Å². The molecule has 112 valence electrons. The highest BCUT2D eigenvalue weighted by atomic mass is 32.2. The fraction of sp³-hybridized carbons (Fsp3) is 0.615. The minimum Gasteiger partial charge on any atom is -0.339 e. The second-order valence-electron chi connectivity index (χ2n) is 5.08. The molecule has 0 spiro atoms. The van der Waals surface area contributed by atoms with Crippen LogP contribution in [0.25, 0.3) is 0 Å². The van der Waals surface area contributed by atoms with E-state index in [1.54, 1.807) is 10.3 Å². The van der Waals surface area contributed by atoms with Crippen molar-refractivity contribution in [1.82, 2.24) is 9.62 Å². The number of nitrogens with one attached hydrogen (secondary N) is 1. The first-order valence-corrected chi connectivity index (χ1v) is 9.20. The summed E-state index contributed by atoms with van der Waals surface area (Å²) in [6.45, 7) is 5.27. The van der Waals surface area contributed by atoms with Crippen LogP contribution in [0.5, 0.6) is 0 Å². The number of amides is 1. The lowest BCUT2D eigenvalue weighted by Crippen LogP contribution is -2.31. The predicted molar refractivity (Wildman–Crippen MR) is 79.5 cm³/mol. The van der Waals surface area contributed by atoms with Gasteiger partial charge in [0.2, 0.25) is 10.0 Å². The van der Waals surface area contributed by atoms with Gasteiger partial charge in [0.05, 0.1) is 5.56 Å². The molecule has 0 radical (unpaired) electrons. The molecule has 20 heavy (non-hydrogen) atoms. The molecule has 1 aromatic rings. The first kappa shape index (κ1) is 15.5. The van der Waals surface area contributed by atoms with Crippen molar-refractivity contribution in [3.63, 3.8) is 0 Å². The average Bonchev–Trinajstić information content (AvgIpc) is 3.08. The Morgan fingerprint density at radius 3 is 2.70 bits per heavy atom. The van der Waals surface area contributed by atoms with Gasteiger partial charge in [-0.2, -0.15) is 0 Å². The molecule has 1 fully saturated rings. The Labute approximate surface area is 124 Å². The number of carbonyl (C=O) groups is 1. The Bertz CT molecular complexity index is 574. The highest BCUT2D eigenvalue weighted by Gasteiger charge is 2.24. The molecule has 0 unspecified atom stereocenters. The van der Waals surface area contributed by atoms with Crippen molar-refractivity contribution in [2.45, 2.75) is 43.4 Å². The van der Waals surface area contributed by atoms with Crippen molar-refractivity contribution in [3.8, 4) is 0 Å². The van der Waals surface area contributed by atoms with Crippen molar-refractivity contribution in [2.75, 3.05) is 13.1 Å². The van der Waals surface area contributed by atoms with Crippen LogP contribution in [0.4, 0.5) is 0 Å². The van der Waals surface area contributed by atoms with Gasteiger partial charge < -0.3 is 4.90 Å². The molecule has 1 amide bonds. The van der Waals surface area contributed by atoms with E-state index in [2.05, 4.69) is 4.72 Å². The number of likely N-dealkylation sites (tertiary alicyclic amines) is 1. The van der Waals surface area contributed by atoms with Gasteiger partial charge in [-0.3, -0.25) is 4.79 Å². The lowest BCUT2D eigenvalue weighted by Gasteiger charge is -2.13. The summed E-state index contributed by atoms with van der Waals surface area (Å²) in [6, 6.07) is 1.37. The fourth-order valence-electron chi connectivity index (χ4n) is 2.08. The van der Waals surface area contributed by atoms with E-state index in [0.717, 1.165) is 43.7 Å². The van der Waals surface area contributed by atoms with E-state index in [9.17, 15) is 13.2 Å². The van der Waals surface area contributed by atoms with Gasteiger partial charge in [-0.15, -0.1) is 11.3 Å². The third kappa shape index (κ3) is 3.39. The van der Waals surface area contributed by atoms with Crippen LogP contribution in [0.15, 0.2) is 15.7 Å². The third-order valence-electron chi connectivity index (χ3n) is 3.45. The zero-order valence-electron chi connectivity index (χ0n) is 11.8. The number of hydrogen-bond acceptors (Lipinski definition) is 4. The number of thiophene rings is 1. The maximum atomic E-state index is 12.2. The topological polar surface area (TPSA) is 66.5 Å². The van der Waals surface area contributed by atoms with E-state index in [1.807, 2.05) is 13.8 Å². The summed E-state index contributed by atoms with van der Waals surface area (Å²) in [5.74, 6) is -0.0660. The molecule has 2 heterocycles. The molecule has 1 aliphatic heterocycles. The normalized spacial score (nSPS) is 17.4. The fourth-order valence-corrected chi connectivity index (χ4v) is 4.58.